The van der Waals surface area contributed by atoms with E-state index in [1.807, 2.05) is 24.3 Å². The first-order valence-corrected chi connectivity index (χ1v) is 13.0. The molecule has 2 unspecified atom stereocenters. The molecule has 6 heteroatoms. The summed E-state index contributed by atoms with van der Waals surface area (Å²) in [5, 5.41) is 21.1. The lowest BCUT2D eigenvalue weighted by Crippen LogP contribution is -2.38. The summed E-state index contributed by atoms with van der Waals surface area (Å²) < 4.78 is 11.6. The van der Waals surface area contributed by atoms with Crippen LogP contribution in [0.3, 0.4) is 0 Å². The summed E-state index contributed by atoms with van der Waals surface area (Å²) >= 11 is 0. The monoisotopic (exact) mass is 488 g/mol. The van der Waals surface area contributed by atoms with E-state index in [-0.39, 0.29) is 13.2 Å². The standard InChI is InChI=1S/C30H36N2O4/c33-25(19-31-17-5-9-23-7-1-3-11-29(23)31)21-35-27-13-15-28(16-14-27)36-22-26(34)20-32-18-6-10-24-8-2-4-12-30(24)32/h1-4,7-8,11-16,25-26,33-34H,5-6,9-10,17-22H2. The normalized spacial score (nSPS) is 16.6. The molecule has 3 aromatic rings. The largest absolute Gasteiger partial charge is 0.491 e. The van der Waals surface area contributed by atoms with Gasteiger partial charge in [-0.3, -0.25) is 0 Å². The van der Waals surface area contributed by atoms with Crippen LogP contribution in [0.25, 0.3) is 0 Å². The van der Waals surface area contributed by atoms with Crippen molar-refractivity contribution in [2.24, 2.45) is 0 Å². The number of rotatable bonds is 10. The molecule has 2 N–H and O–H groups in total. The fourth-order valence-electron chi connectivity index (χ4n) is 5.23. The van der Waals surface area contributed by atoms with Crippen molar-refractivity contribution in [2.75, 3.05) is 49.2 Å². The molecule has 190 valence electrons. The summed E-state index contributed by atoms with van der Waals surface area (Å²) in [6.07, 6.45) is 3.23. The van der Waals surface area contributed by atoms with Gasteiger partial charge in [0, 0.05) is 37.6 Å². The van der Waals surface area contributed by atoms with Crippen molar-refractivity contribution in [1.29, 1.82) is 0 Å². The van der Waals surface area contributed by atoms with Crippen molar-refractivity contribution < 1.29 is 19.7 Å². The topological polar surface area (TPSA) is 65.4 Å². The Labute approximate surface area is 213 Å². The van der Waals surface area contributed by atoms with Crippen molar-refractivity contribution >= 4 is 11.4 Å². The molecule has 0 saturated carbocycles. The number of nitrogens with zero attached hydrogens (tertiary/aromatic N) is 2. The highest BCUT2D eigenvalue weighted by atomic mass is 16.5. The maximum absolute atomic E-state index is 10.6. The lowest BCUT2D eigenvalue weighted by atomic mass is 10.0. The minimum atomic E-state index is -0.581. The number of fused-ring (bicyclic) bond motifs is 2. The number of ether oxygens (including phenoxy) is 2. The molecule has 0 fully saturated rings. The quantitative estimate of drug-likeness (QED) is 0.449. The predicted octanol–water partition coefficient (Wildman–Crippen LogP) is 4.07. The van der Waals surface area contributed by atoms with Crippen LogP contribution in [0.1, 0.15) is 24.0 Å². The first-order valence-electron chi connectivity index (χ1n) is 13.0. The molecule has 5 rings (SSSR count). The van der Waals surface area contributed by atoms with Crippen LogP contribution in [-0.4, -0.2) is 61.8 Å². The Morgan fingerprint density at radius 1 is 0.611 bits per heavy atom. The van der Waals surface area contributed by atoms with Crippen molar-refractivity contribution in [3.8, 4) is 11.5 Å². The summed E-state index contributed by atoms with van der Waals surface area (Å²) in [5.41, 5.74) is 5.13. The van der Waals surface area contributed by atoms with Crippen LogP contribution >= 0.6 is 0 Å². The molecule has 0 aliphatic carbocycles. The van der Waals surface area contributed by atoms with Gasteiger partial charge in [-0.25, -0.2) is 0 Å². The minimum absolute atomic E-state index is 0.231. The minimum Gasteiger partial charge on any atom is -0.491 e. The molecule has 6 nitrogen and oxygen atoms in total. The molecule has 0 saturated heterocycles. The van der Waals surface area contributed by atoms with Gasteiger partial charge in [-0.1, -0.05) is 36.4 Å². The Bertz CT molecular complexity index is 1030. The number of para-hydroxylation sites is 2. The van der Waals surface area contributed by atoms with Crippen molar-refractivity contribution in [3.05, 3.63) is 83.9 Å². The van der Waals surface area contributed by atoms with Crippen LogP contribution in [0.5, 0.6) is 11.5 Å². The van der Waals surface area contributed by atoms with E-state index in [1.165, 1.54) is 22.5 Å². The lowest BCUT2D eigenvalue weighted by Gasteiger charge is -2.32. The number of anilines is 2. The molecule has 2 aliphatic heterocycles. The summed E-state index contributed by atoms with van der Waals surface area (Å²) in [4.78, 5) is 4.50. The molecule has 0 bridgehead atoms. The average Bonchev–Trinajstić information content (AvgIpc) is 2.92. The first-order chi connectivity index (χ1) is 17.7. The molecular formula is C30H36N2O4. The van der Waals surface area contributed by atoms with Gasteiger partial charge in [-0.05, 0) is 73.2 Å². The summed E-state index contributed by atoms with van der Waals surface area (Å²) in [6.45, 7) is 3.48. The summed E-state index contributed by atoms with van der Waals surface area (Å²) in [7, 11) is 0. The van der Waals surface area contributed by atoms with Crippen LogP contribution in [0, 0.1) is 0 Å². The van der Waals surface area contributed by atoms with Gasteiger partial charge in [0.15, 0.2) is 0 Å². The number of β-amino-alcohol motifs (C(OH)–C–C–N with tert-alkyl or cyclic N) is 2. The van der Waals surface area contributed by atoms with Gasteiger partial charge in [0.05, 0.1) is 0 Å². The Hall–Kier alpha value is -3.22. The van der Waals surface area contributed by atoms with Gasteiger partial charge in [0.2, 0.25) is 0 Å². The molecule has 2 atom stereocenters. The van der Waals surface area contributed by atoms with Crippen molar-refractivity contribution in [1.82, 2.24) is 0 Å². The zero-order valence-corrected chi connectivity index (χ0v) is 20.8. The van der Waals surface area contributed by atoms with Crippen LogP contribution in [-0.2, 0) is 12.8 Å². The van der Waals surface area contributed by atoms with Gasteiger partial charge in [0.1, 0.15) is 36.9 Å². The maximum atomic E-state index is 10.6. The lowest BCUT2D eigenvalue weighted by molar-refractivity contribution is 0.110. The molecule has 0 radical (unpaired) electrons. The predicted molar refractivity (Wildman–Crippen MR) is 143 cm³/mol. The smallest absolute Gasteiger partial charge is 0.119 e. The number of benzene rings is 3. The summed E-state index contributed by atoms with van der Waals surface area (Å²) in [6, 6.07) is 24.2. The van der Waals surface area contributed by atoms with Crippen molar-refractivity contribution in [3.63, 3.8) is 0 Å². The molecule has 0 amide bonds. The second-order valence-electron chi connectivity index (χ2n) is 9.76. The van der Waals surface area contributed by atoms with Gasteiger partial charge in [-0.15, -0.1) is 0 Å². The maximum Gasteiger partial charge on any atom is 0.119 e. The van der Waals surface area contributed by atoms with Gasteiger partial charge >= 0.3 is 0 Å². The Balaban J connectivity index is 1.05. The Morgan fingerprint density at radius 3 is 1.47 bits per heavy atom. The molecule has 2 heterocycles. The van der Waals surface area contributed by atoms with E-state index >= 15 is 0 Å². The number of hydrogen-bond donors (Lipinski definition) is 2. The van der Waals surface area contributed by atoms with Gasteiger partial charge in [0.25, 0.3) is 0 Å². The highest BCUT2D eigenvalue weighted by Crippen LogP contribution is 2.28. The van der Waals surface area contributed by atoms with E-state index in [2.05, 4.69) is 58.3 Å². The van der Waals surface area contributed by atoms with E-state index in [1.54, 1.807) is 0 Å². The zero-order valence-electron chi connectivity index (χ0n) is 20.8. The average molecular weight is 489 g/mol. The Morgan fingerprint density at radius 2 is 1.03 bits per heavy atom. The van der Waals surface area contributed by atoms with E-state index < -0.39 is 12.2 Å². The van der Waals surface area contributed by atoms with Crippen LogP contribution in [0.15, 0.2) is 72.8 Å². The third-order valence-corrected chi connectivity index (χ3v) is 6.98. The van der Waals surface area contributed by atoms with E-state index in [0.29, 0.717) is 24.6 Å². The van der Waals surface area contributed by atoms with E-state index in [0.717, 1.165) is 38.8 Å². The van der Waals surface area contributed by atoms with E-state index in [9.17, 15) is 10.2 Å². The highest BCUT2D eigenvalue weighted by Gasteiger charge is 2.20. The second kappa shape index (κ2) is 11.7. The highest BCUT2D eigenvalue weighted by molar-refractivity contribution is 5.56. The van der Waals surface area contributed by atoms with E-state index in [4.69, 9.17) is 9.47 Å². The molecule has 36 heavy (non-hydrogen) atoms. The summed E-state index contributed by atoms with van der Waals surface area (Å²) in [5.74, 6) is 1.37. The number of aliphatic hydroxyl groups excluding tert-OH is 2. The number of hydrogen-bond acceptors (Lipinski definition) is 6. The SMILES string of the molecule is OC(COc1ccc(OCC(O)CN2CCCc3ccccc32)cc1)CN1CCCc2ccccc21. The molecule has 3 aromatic carbocycles. The second-order valence-corrected chi connectivity index (χ2v) is 9.76. The molecule has 2 aliphatic rings. The fraction of sp³-hybridized carbons (Fsp3) is 0.400. The van der Waals surface area contributed by atoms with Gasteiger partial charge in [-0.2, -0.15) is 0 Å². The zero-order chi connectivity index (χ0) is 24.7. The van der Waals surface area contributed by atoms with Crippen molar-refractivity contribution in [2.45, 2.75) is 37.9 Å². The molecule has 0 spiro atoms. The molecule has 0 aromatic heterocycles. The van der Waals surface area contributed by atoms with Crippen LogP contribution < -0.4 is 19.3 Å². The number of aryl methyl sites for hydroxylation is 2. The Kier molecular flexibility index (Phi) is 7.94. The third kappa shape index (κ3) is 6.12. The third-order valence-electron chi connectivity index (χ3n) is 6.98. The van der Waals surface area contributed by atoms with Crippen LogP contribution in [0.4, 0.5) is 11.4 Å². The van der Waals surface area contributed by atoms with Gasteiger partial charge < -0.3 is 29.5 Å². The first kappa shape index (κ1) is 24.5. The van der Waals surface area contributed by atoms with Crippen LogP contribution in [0.2, 0.25) is 0 Å². The number of aliphatic hydroxyl groups is 2. The fourth-order valence-corrected chi connectivity index (χ4v) is 5.23. The molecular weight excluding hydrogens is 452 g/mol.